The van der Waals surface area contributed by atoms with Gasteiger partial charge < -0.3 is 5.32 Å². The van der Waals surface area contributed by atoms with Crippen LogP contribution in [0.3, 0.4) is 0 Å². The van der Waals surface area contributed by atoms with Crippen molar-refractivity contribution in [1.82, 2.24) is 14.8 Å². The van der Waals surface area contributed by atoms with Gasteiger partial charge in [0.05, 0.1) is 5.75 Å². The zero-order valence-corrected chi connectivity index (χ0v) is 21.2. The zero-order chi connectivity index (χ0) is 23.4. The summed E-state index contributed by atoms with van der Waals surface area (Å²) in [6.07, 6.45) is 0.658. The Morgan fingerprint density at radius 2 is 1.64 bits per heavy atom. The molecule has 3 aromatic carbocycles. The van der Waals surface area contributed by atoms with E-state index >= 15 is 0 Å². The van der Waals surface area contributed by atoms with E-state index in [1.165, 1.54) is 17.3 Å². The quantitative estimate of drug-likeness (QED) is 0.291. The molecule has 4 aromatic rings. The minimum Gasteiger partial charge on any atom is -0.325 e. The van der Waals surface area contributed by atoms with Crippen molar-refractivity contribution >= 4 is 39.3 Å². The Kier molecular flexibility index (Phi) is 7.30. The molecule has 1 aromatic heterocycles. The Morgan fingerprint density at radius 3 is 2.30 bits per heavy atom. The lowest BCUT2D eigenvalue weighted by Crippen LogP contribution is -2.16. The van der Waals surface area contributed by atoms with Gasteiger partial charge in [-0.25, -0.2) is 0 Å². The highest BCUT2D eigenvalue weighted by molar-refractivity contribution is 9.10. The van der Waals surface area contributed by atoms with Crippen LogP contribution >= 0.6 is 27.7 Å². The van der Waals surface area contributed by atoms with Gasteiger partial charge in [0.15, 0.2) is 5.16 Å². The summed E-state index contributed by atoms with van der Waals surface area (Å²) >= 11 is 4.89. The maximum Gasteiger partial charge on any atom is 0.234 e. The van der Waals surface area contributed by atoms with Crippen molar-refractivity contribution in [3.63, 3.8) is 0 Å². The number of anilines is 1. The first kappa shape index (κ1) is 23.3. The standard InChI is InChI=1S/C26H25BrN4OS/c1-17-9-11-22(12-10-17)31-23(15-20-7-5-4-6-8-20)29-30-26(31)33-16-24(32)28-25-18(2)13-21(27)14-19(25)3/h4-14H,15-16H2,1-3H3,(H,28,32). The van der Waals surface area contributed by atoms with Crippen LogP contribution in [0.25, 0.3) is 5.69 Å². The summed E-state index contributed by atoms with van der Waals surface area (Å²) in [7, 11) is 0. The highest BCUT2D eigenvalue weighted by atomic mass is 79.9. The number of rotatable bonds is 7. The Labute approximate surface area is 206 Å². The maximum atomic E-state index is 12.8. The molecule has 1 N–H and O–H groups in total. The second-order valence-corrected chi connectivity index (χ2v) is 9.84. The molecule has 0 aliphatic heterocycles. The third-order valence-corrected chi connectivity index (χ3v) is 6.68. The number of aryl methyl sites for hydroxylation is 3. The average Bonchev–Trinajstić information content (AvgIpc) is 3.18. The zero-order valence-electron chi connectivity index (χ0n) is 18.8. The lowest BCUT2D eigenvalue weighted by atomic mass is 10.1. The molecular formula is C26H25BrN4OS. The molecule has 0 saturated carbocycles. The van der Waals surface area contributed by atoms with Crippen LogP contribution < -0.4 is 5.32 Å². The number of benzene rings is 3. The van der Waals surface area contributed by atoms with Crippen LogP contribution in [0.5, 0.6) is 0 Å². The summed E-state index contributed by atoms with van der Waals surface area (Å²) < 4.78 is 3.04. The molecule has 0 aliphatic carbocycles. The number of hydrogen-bond donors (Lipinski definition) is 1. The van der Waals surface area contributed by atoms with Crippen LogP contribution in [0, 0.1) is 20.8 Å². The Morgan fingerprint density at radius 1 is 0.970 bits per heavy atom. The summed E-state index contributed by atoms with van der Waals surface area (Å²) in [5.41, 5.74) is 6.23. The van der Waals surface area contributed by atoms with Crippen LogP contribution in [0.15, 0.2) is 76.4 Å². The van der Waals surface area contributed by atoms with Crippen molar-refractivity contribution in [2.24, 2.45) is 0 Å². The van der Waals surface area contributed by atoms with Gasteiger partial charge in [0.2, 0.25) is 5.91 Å². The van der Waals surface area contributed by atoms with Gasteiger partial charge in [-0.3, -0.25) is 9.36 Å². The van der Waals surface area contributed by atoms with Crippen molar-refractivity contribution in [2.75, 3.05) is 11.1 Å². The molecule has 7 heteroatoms. The maximum absolute atomic E-state index is 12.8. The van der Waals surface area contributed by atoms with Crippen LogP contribution in [0.4, 0.5) is 5.69 Å². The first-order valence-corrected chi connectivity index (χ1v) is 12.4. The second kappa shape index (κ2) is 10.4. The summed E-state index contributed by atoms with van der Waals surface area (Å²) in [4.78, 5) is 12.8. The van der Waals surface area contributed by atoms with Crippen molar-refractivity contribution in [2.45, 2.75) is 32.3 Å². The largest absolute Gasteiger partial charge is 0.325 e. The topological polar surface area (TPSA) is 59.8 Å². The number of nitrogens with one attached hydrogen (secondary N) is 1. The minimum atomic E-state index is -0.0726. The van der Waals surface area contributed by atoms with Crippen molar-refractivity contribution in [1.29, 1.82) is 0 Å². The highest BCUT2D eigenvalue weighted by Crippen LogP contribution is 2.27. The number of thioether (sulfide) groups is 1. The Bertz CT molecular complexity index is 1250. The summed E-state index contributed by atoms with van der Waals surface area (Å²) in [6, 6.07) is 22.5. The number of halogens is 1. The van der Waals surface area contributed by atoms with E-state index in [2.05, 4.69) is 74.8 Å². The highest BCUT2D eigenvalue weighted by Gasteiger charge is 2.17. The molecule has 0 radical (unpaired) electrons. The van der Waals surface area contributed by atoms with Gasteiger partial charge in [0, 0.05) is 22.3 Å². The molecule has 1 heterocycles. The van der Waals surface area contributed by atoms with Gasteiger partial charge in [-0.05, 0) is 61.7 Å². The molecule has 33 heavy (non-hydrogen) atoms. The van der Waals surface area contributed by atoms with Crippen molar-refractivity contribution < 1.29 is 4.79 Å². The molecule has 1 amide bonds. The first-order chi connectivity index (χ1) is 15.9. The van der Waals surface area contributed by atoms with E-state index in [4.69, 9.17) is 0 Å². The predicted octanol–water partition coefficient (Wildman–Crippen LogP) is 6.28. The normalized spacial score (nSPS) is 10.9. The fraction of sp³-hybridized carbons (Fsp3) is 0.192. The lowest BCUT2D eigenvalue weighted by Gasteiger charge is -2.13. The van der Waals surface area contributed by atoms with Crippen LogP contribution in [0.2, 0.25) is 0 Å². The molecule has 4 rings (SSSR count). The summed E-state index contributed by atoms with van der Waals surface area (Å²) in [5, 5.41) is 12.6. The summed E-state index contributed by atoms with van der Waals surface area (Å²) in [6.45, 7) is 6.04. The van der Waals surface area contributed by atoms with Gasteiger partial charge in [0.25, 0.3) is 0 Å². The third kappa shape index (κ3) is 5.72. The first-order valence-electron chi connectivity index (χ1n) is 10.7. The molecule has 5 nitrogen and oxygen atoms in total. The van der Waals surface area contributed by atoms with E-state index in [1.807, 2.05) is 48.7 Å². The molecule has 0 bridgehead atoms. The van der Waals surface area contributed by atoms with Gasteiger partial charge >= 0.3 is 0 Å². The van der Waals surface area contributed by atoms with E-state index in [0.717, 1.165) is 38.4 Å². The third-order valence-electron chi connectivity index (χ3n) is 5.29. The fourth-order valence-electron chi connectivity index (χ4n) is 3.65. The van der Waals surface area contributed by atoms with Crippen LogP contribution in [0.1, 0.15) is 28.1 Å². The predicted molar refractivity (Wildman–Crippen MR) is 138 cm³/mol. The smallest absolute Gasteiger partial charge is 0.234 e. The van der Waals surface area contributed by atoms with Crippen LogP contribution in [-0.4, -0.2) is 26.4 Å². The van der Waals surface area contributed by atoms with Gasteiger partial charge in [-0.1, -0.05) is 75.7 Å². The number of nitrogens with zero attached hydrogens (tertiary/aromatic N) is 3. The van der Waals surface area contributed by atoms with Gasteiger partial charge in [-0.2, -0.15) is 0 Å². The Balaban J connectivity index is 1.56. The molecule has 0 saturated heterocycles. The molecular weight excluding hydrogens is 496 g/mol. The summed E-state index contributed by atoms with van der Waals surface area (Å²) in [5.74, 6) is 1.01. The number of hydrogen-bond acceptors (Lipinski definition) is 4. The second-order valence-electron chi connectivity index (χ2n) is 7.98. The average molecular weight is 521 g/mol. The van der Waals surface area contributed by atoms with E-state index < -0.39 is 0 Å². The van der Waals surface area contributed by atoms with Crippen molar-refractivity contribution in [3.05, 3.63) is 99.3 Å². The Hall–Kier alpha value is -2.90. The van der Waals surface area contributed by atoms with Crippen LogP contribution in [-0.2, 0) is 11.2 Å². The van der Waals surface area contributed by atoms with E-state index in [1.54, 1.807) is 0 Å². The molecule has 0 unspecified atom stereocenters. The number of amides is 1. The van der Waals surface area contributed by atoms with Crippen molar-refractivity contribution in [3.8, 4) is 5.69 Å². The van der Waals surface area contributed by atoms with E-state index in [0.29, 0.717) is 11.6 Å². The lowest BCUT2D eigenvalue weighted by molar-refractivity contribution is -0.113. The molecule has 0 fully saturated rings. The SMILES string of the molecule is Cc1ccc(-n2c(Cc3ccccc3)nnc2SCC(=O)Nc2c(C)cc(Br)cc2C)cc1. The van der Waals surface area contributed by atoms with Gasteiger partial charge in [0.1, 0.15) is 5.82 Å². The fourth-order valence-corrected chi connectivity index (χ4v) is 5.11. The minimum absolute atomic E-state index is 0.0726. The van der Waals surface area contributed by atoms with E-state index in [9.17, 15) is 4.79 Å². The number of carbonyl (C=O) groups excluding carboxylic acids is 1. The molecule has 0 spiro atoms. The molecule has 0 aliphatic rings. The molecule has 0 atom stereocenters. The number of carbonyl (C=O) groups is 1. The van der Waals surface area contributed by atoms with E-state index in [-0.39, 0.29) is 11.7 Å². The number of aromatic nitrogens is 3. The van der Waals surface area contributed by atoms with Gasteiger partial charge in [-0.15, -0.1) is 10.2 Å². The monoisotopic (exact) mass is 520 g/mol. The molecule has 168 valence electrons.